The first-order valence-electron chi connectivity index (χ1n) is 16.0. The third kappa shape index (κ3) is 10.5. The van der Waals surface area contributed by atoms with E-state index in [0.29, 0.717) is 18.5 Å². The second-order valence-electron chi connectivity index (χ2n) is 14.0. The van der Waals surface area contributed by atoms with Crippen molar-refractivity contribution < 1.29 is 28.7 Å². The van der Waals surface area contributed by atoms with Gasteiger partial charge in [0, 0.05) is 32.4 Å². The Hall–Kier alpha value is -4.61. The summed E-state index contributed by atoms with van der Waals surface area (Å²) in [5.41, 5.74) is -0.114. The molecule has 2 aromatic rings. The first-order chi connectivity index (χ1) is 22.0. The lowest BCUT2D eigenvalue weighted by molar-refractivity contribution is -0.142. The van der Waals surface area contributed by atoms with Crippen molar-refractivity contribution in [2.45, 2.75) is 91.0 Å². The van der Waals surface area contributed by atoms with Gasteiger partial charge in [-0.2, -0.15) is 0 Å². The molecule has 0 spiro atoms. The summed E-state index contributed by atoms with van der Waals surface area (Å²) in [5.74, 6) is -2.00. The predicted molar refractivity (Wildman–Crippen MR) is 181 cm³/mol. The number of aromatic nitrogens is 1. The van der Waals surface area contributed by atoms with Crippen LogP contribution in [0, 0.1) is 11.3 Å². The number of carbonyl (C=O) groups excluding carboxylic acids is 5. The minimum Gasteiger partial charge on any atom is -0.444 e. The van der Waals surface area contributed by atoms with E-state index in [1.54, 1.807) is 26.8 Å². The maximum atomic E-state index is 14.2. The topological polar surface area (TPSA) is 151 Å². The lowest BCUT2D eigenvalue weighted by Gasteiger charge is -2.36. The van der Waals surface area contributed by atoms with Crippen molar-refractivity contribution >= 4 is 35.4 Å². The average Bonchev–Trinajstić information content (AvgIpc) is 3.67. The van der Waals surface area contributed by atoms with Crippen LogP contribution in [0.5, 0.6) is 0 Å². The summed E-state index contributed by atoms with van der Waals surface area (Å²) in [6.07, 6.45) is 5.72. The zero-order valence-electron chi connectivity index (χ0n) is 28.6. The smallest absolute Gasteiger partial charge is 0.408 e. The fourth-order valence-corrected chi connectivity index (χ4v) is 5.56. The molecule has 1 aromatic carbocycles. The molecule has 4 atom stereocenters. The molecule has 0 saturated carbocycles. The van der Waals surface area contributed by atoms with Crippen molar-refractivity contribution in [3.63, 3.8) is 0 Å². The molecule has 256 valence electrons. The van der Waals surface area contributed by atoms with Crippen molar-refractivity contribution in [3.05, 3.63) is 61.4 Å². The second-order valence-corrected chi connectivity index (χ2v) is 14.0. The largest absolute Gasteiger partial charge is 0.444 e. The number of benzene rings is 1. The molecule has 47 heavy (non-hydrogen) atoms. The van der Waals surface area contributed by atoms with E-state index in [0.717, 1.165) is 5.69 Å². The molecule has 4 unspecified atom stereocenters. The standard InChI is InChI=1S/C35H50N6O6/c1-9-10-15-25(30(43)36-8)38-31(44)27-20-23(21-28(42)37-24-16-11-12-17-26(24)40-18-13-14-19-40)22-41(27)32(45)29(34(2,3)4)39-33(46)47-35(5,6)7/h9,11-14,16-19,23,25,27,29H,1,10,15,20-22H2,2-8H3,(H,36,43)(H,37,42)(H,38,44)(H,39,46). The van der Waals surface area contributed by atoms with E-state index < -0.39 is 47.0 Å². The van der Waals surface area contributed by atoms with Crippen LogP contribution in [0.15, 0.2) is 61.4 Å². The van der Waals surface area contributed by atoms with E-state index >= 15 is 0 Å². The predicted octanol–water partition coefficient (Wildman–Crippen LogP) is 4.16. The van der Waals surface area contributed by atoms with Gasteiger partial charge in [-0.3, -0.25) is 19.2 Å². The maximum Gasteiger partial charge on any atom is 0.408 e. The van der Waals surface area contributed by atoms with E-state index in [2.05, 4.69) is 27.8 Å². The summed E-state index contributed by atoms with van der Waals surface area (Å²) in [6, 6.07) is 8.35. The minimum absolute atomic E-state index is 0.0442. The Morgan fingerprint density at radius 1 is 1.00 bits per heavy atom. The van der Waals surface area contributed by atoms with Crippen molar-refractivity contribution in [1.82, 2.24) is 25.4 Å². The number of likely N-dealkylation sites (tertiary alicyclic amines) is 1. The molecule has 1 aliphatic rings. The maximum absolute atomic E-state index is 14.2. The van der Waals surface area contributed by atoms with Crippen LogP contribution in [0.2, 0.25) is 0 Å². The quantitative estimate of drug-likeness (QED) is 0.254. The number of nitrogens with one attached hydrogen (secondary N) is 4. The van der Waals surface area contributed by atoms with E-state index in [1.165, 1.54) is 11.9 Å². The Morgan fingerprint density at radius 3 is 2.26 bits per heavy atom. The molecule has 0 bridgehead atoms. The highest BCUT2D eigenvalue weighted by Crippen LogP contribution is 2.31. The summed E-state index contributed by atoms with van der Waals surface area (Å²) in [5, 5.41) is 11.1. The monoisotopic (exact) mass is 650 g/mol. The third-order valence-electron chi connectivity index (χ3n) is 7.82. The molecule has 0 radical (unpaired) electrons. The number of para-hydroxylation sites is 2. The molecule has 1 aliphatic heterocycles. The summed E-state index contributed by atoms with van der Waals surface area (Å²) in [6.45, 7) is 14.4. The Bertz CT molecular complexity index is 1420. The Labute approximate surface area is 277 Å². The van der Waals surface area contributed by atoms with Gasteiger partial charge in [-0.15, -0.1) is 6.58 Å². The van der Waals surface area contributed by atoms with Gasteiger partial charge >= 0.3 is 6.09 Å². The second kappa shape index (κ2) is 15.8. The first kappa shape index (κ1) is 36.9. The van der Waals surface area contributed by atoms with Crippen molar-refractivity contribution in [3.8, 4) is 5.69 Å². The van der Waals surface area contributed by atoms with Gasteiger partial charge in [0.05, 0.1) is 11.4 Å². The van der Waals surface area contributed by atoms with Crippen LogP contribution in [0.1, 0.15) is 67.2 Å². The lowest BCUT2D eigenvalue weighted by atomic mass is 9.85. The van der Waals surface area contributed by atoms with Crippen LogP contribution in [0.3, 0.4) is 0 Å². The zero-order valence-corrected chi connectivity index (χ0v) is 28.6. The Kier molecular flexibility index (Phi) is 12.4. The van der Waals surface area contributed by atoms with Crippen molar-refractivity contribution in [1.29, 1.82) is 0 Å². The van der Waals surface area contributed by atoms with Gasteiger partial charge in [-0.05, 0) is 75.6 Å². The highest BCUT2D eigenvalue weighted by atomic mass is 16.6. The summed E-state index contributed by atoms with van der Waals surface area (Å²) < 4.78 is 7.33. The molecule has 5 amide bonds. The number of nitrogens with zero attached hydrogens (tertiary/aromatic N) is 2. The van der Waals surface area contributed by atoms with Crippen LogP contribution in [0.4, 0.5) is 10.5 Å². The highest BCUT2D eigenvalue weighted by Gasteiger charge is 2.46. The lowest BCUT2D eigenvalue weighted by Crippen LogP contribution is -2.59. The number of anilines is 1. The van der Waals surface area contributed by atoms with Crippen molar-refractivity contribution in [2.24, 2.45) is 11.3 Å². The number of hydrogen-bond acceptors (Lipinski definition) is 6. The minimum atomic E-state index is -1.04. The molecule has 3 rings (SSSR count). The molecular formula is C35H50N6O6. The third-order valence-corrected chi connectivity index (χ3v) is 7.82. The van der Waals surface area contributed by atoms with E-state index in [9.17, 15) is 24.0 Å². The summed E-state index contributed by atoms with van der Waals surface area (Å²) in [7, 11) is 1.49. The number of ether oxygens (including phenoxy) is 1. The van der Waals surface area contributed by atoms with Gasteiger partial charge < -0.3 is 35.5 Å². The van der Waals surface area contributed by atoms with Crippen LogP contribution in [-0.2, 0) is 23.9 Å². The number of carbonyl (C=O) groups is 5. The molecule has 1 aromatic heterocycles. The van der Waals surface area contributed by atoms with Crippen molar-refractivity contribution in [2.75, 3.05) is 18.9 Å². The van der Waals surface area contributed by atoms with Crippen LogP contribution in [0.25, 0.3) is 5.69 Å². The number of allylic oxidation sites excluding steroid dienone is 1. The SMILES string of the molecule is C=CCCC(NC(=O)C1CC(CC(=O)Nc2ccccc2-n2cccc2)CN1C(=O)C(NC(=O)OC(C)(C)C)C(C)(C)C)C(=O)NC. The Balaban J connectivity index is 1.87. The number of likely N-dealkylation sites (N-methyl/N-ethyl adjacent to an activating group) is 1. The van der Waals surface area contributed by atoms with Gasteiger partial charge in [-0.25, -0.2) is 4.79 Å². The van der Waals surface area contributed by atoms with Gasteiger partial charge in [-0.1, -0.05) is 39.0 Å². The normalized spacial score (nSPS) is 17.6. The summed E-state index contributed by atoms with van der Waals surface area (Å²) in [4.78, 5) is 68.2. The molecule has 0 aliphatic carbocycles. The fourth-order valence-electron chi connectivity index (χ4n) is 5.56. The van der Waals surface area contributed by atoms with Gasteiger partial charge in [0.15, 0.2) is 0 Å². The van der Waals surface area contributed by atoms with E-state index in [1.807, 2.05) is 74.1 Å². The molecule has 4 N–H and O–H groups in total. The van der Waals surface area contributed by atoms with E-state index in [-0.39, 0.29) is 37.1 Å². The fraction of sp³-hybridized carbons (Fsp3) is 0.514. The number of rotatable bonds is 12. The zero-order chi connectivity index (χ0) is 34.9. The number of amides is 5. The van der Waals surface area contributed by atoms with Gasteiger partial charge in [0.1, 0.15) is 23.7 Å². The average molecular weight is 651 g/mol. The molecule has 12 nitrogen and oxygen atoms in total. The number of hydrogen-bond donors (Lipinski definition) is 4. The molecular weight excluding hydrogens is 600 g/mol. The van der Waals surface area contributed by atoms with Crippen LogP contribution < -0.4 is 21.3 Å². The first-order valence-corrected chi connectivity index (χ1v) is 16.0. The van der Waals surface area contributed by atoms with Gasteiger partial charge in [0.25, 0.3) is 0 Å². The summed E-state index contributed by atoms with van der Waals surface area (Å²) >= 11 is 0. The molecule has 1 fully saturated rings. The van der Waals surface area contributed by atoms with Gasteiger partial charge in [0.2, 0.25) is 23.6 Å². The van der Waals surface area contributed by atoms with Crippen LogP contribution in [-0.4, -0.2) is 76.5 Å². The van der Waals surface area contributed by atoms with Crippen LogP contribution >= 0.6 is 0 Å². The number of alkyl carbamates (subject to hydrolysis) is 1. The molecule has 12 heteroatoms. The molecule has 1 saturated heterocycles. The Morgan fingerprint density at radius 2 is 1.66 bits per heavy atom. The highest BCUT2D eigenvalue weighted by molar-refractivity contribution is 5.96. The molecule has 2 heterocycles. The van der Waals surface area contributed by atoms with E-state index in [4.69, 9.17) is 4.74 Å².